The lowest BCUT2D eigenvalue weighted by molar-refractivity contribution is 0.266. The maximum Gasteiger partial charge on any atom is 0.123 e. The number of hydrogen-bond acceptors (Lipinski definition) is 3. The lowest BCUT2D eigenvalue weighted by atomic mass is 9.84. The third-order valence-electron chi connectivity index (χ3n) is 4.77. The van der Waals surface area contributed by atoms with E-state index in [0.717, 1.165) is 17.4 Å². The summed E-state index contributed by atoms with van der Waals surface area (Å²) in [4.78, 5) is 0. The quantitative estimate of drug-likeness (QED) is 0.846. The van der Waals surface area contributed by atoms with Gasteiger partial charge in [-0.05, 0) is 50.8 Å². The highest BCUT2D eigenvalue weighted by Crippen LogP contribution is 2.31. The Morgan fingerprint density at radius 1 is 1.05 bits per heavy atom. The molecule has 0 bridgehead atoms. The van der Waals surface area contributed by atoms with E-state index in [2.05, 4.69) is 25.2 Å². The molecule has 0 aromatic heterocycles. The standard InChI is InChI=1S/C18H29NO2/c1-13(15-8-6-5-7-9-15)19-14(2)17-12-16(20-3)10-11-18(17)21-4/h10-15,19H,5-9H2,1-4H3/t13-,14?/m0/s1. The molecule has 0 spiro atoms. The van der Waals surface area contributed by atoms with Crippen LogP contribution in [0.15, 0.2) is 18.2 Å². The van der Waals surface area contributed by atoms with Crippen LogP contribution in [0.25, 0.3) is 0 Å². The van der Waals surface area contributed by atoms with Crippen LogP contribution in [-0.2, 0) is 0 Å². The molecule has 2 atom stereocenters. The van der Waals surface area contributed by atoms with E-state index in [4.69, 9.17) is 9.47 Å². The van der Waals surface area contributed by atoms with Gasteiger partial charge in [0.1, 0.15) is 11.5 Å². The molecule has 0 saturated heterocycles. The Bertz CT molecular complexity index is 441. The Balaban J connectivity index is 2.06. The van der Waals surface area contributed by atoms with Crippen LogP contribution in [0.1, 0.15) is 57.6 Å². The van der Waals surface area contributed by atoms with Crippen LogP contribution in [-0.4, -0.2) is 20.3 Å². The number of benzene rings is 1. The Hall–Kier alpha value is -1.22. The molecule has 1 fully saturated rings. The lowest BCUT2D eigenvalue weighted by Gasteiger charge is -2.31. The van der Waals surface area contributed by atoms with Crippen molar-refractivity contribution in [2.45, 2.75) is 58.0 Å². The minimum absolute atomic E-state index is 0.256. The molecule has 2 rings (SSSR count). The predicted octanol–water partition coefficient (Wildman–Crippen LogP) is 4.32. The van der Waals surface area contributed by atoms with Crippen molar-refractivity contribution in [3.63, 3.8) is 0 Å². The summed E-state index contributed by atoms with van der Waals surface area (Å²) in [6.07, 6.45) is 6.88. The van der Waals surface area contributed by atoms with Crippen LogP contribution in [0.3, 0.4) is 0 Å². The van der Waals surface area contributed by atoms with E-state index in [1.807, 2.05) is 12.1 Å². The van der Waals surface area contributed by atoms with E-state index >= 15 is 0 Å². The number of ether oxygens (including phenoxy) is 2. The molecule has 118 valence electrons. The third-order valence-corrected chi connectivity index (χ3v) is 4.77. The molecule has 1 aliphatic carbocycles. The molecule has 3 heteroatoms. The summed E-state index contributed by atoms with van der Waals surface area (Å²) in [5.41, 5.74) is 1.17. The van der Waals surface area contributed by atoms with Crippen LogP contribution in [0.2, 0.25) is 0 Å². The molecule has 1 saturated carbocycles. The summed E-state index contributed by atoms with van der Waals surface area (Å²) < 4.78 is 10.8. The zero-order valence-electron chi connectivity index (χ0n) is 13.8. The highest BCUT2D eigenvalue weighted by molar-refractivity contribution is 5.42. The highest BCUT2D eigenvalue weighted by atomic mass is 16.5. The van der Waals surface area contributed by atoms with E-state index in [1.54, 1.807) is 14.2 Å². The van der Waals surface area contributed by atoms with Crippen molar-refractivity contribution >= 4 is 0 Å². The fraction of sp³-hybridized carbons (Fsp3) is 0.667. The highest BCUT2D eigenvalue weighted by Gasteiger charge is 2.22. The number of hydrogen-bond donors (Lipinski definition) is 1. The minimum atomic E-state index is 0.256. The van der Waals surface area contributed by atoms with Crippen LogP contribution < -0.4 is 14.8 Å². The monoisotopic (exact) mass is 291 g/mol. The van der Waals surface area contributed by atoms with Crippen LogP contribution >= 0.6 is 0 Å². The summed E-state index contributed by atoms with van der Waals surface area (Å²) >= 11 is 0. The SMILES string of the molecule is COc1ccc(OC)c(C(C)N[C@@H](C)C2CCCCC2)c1. The topological polar surface area (TPSA) is 30.5 Å². The number of rotatable bonds is 6. The summed E-state index contributed by atoms with van der Waals surface area (Å²) in [6.45, 7) is 4.52. The van der Waals surface area contributed by atoms with E-state index in [1.165, 1.54) is 37.7 Å². The average molecular weight is 291 g/mol. The van der Waals surface area contributed by atoms with Crippen LogP contribution in [0, 0.1) is 5.92 Å². The average Bonchev–Trinajstić information content (AvgIpc) is 2.54. The van der Waals surface area contributed by atoms with Gasteiger partial charge in [0.15, 0.2) is 0 Å². The van der Waals surface area contributed by atoms with Gasteiger partial charge in [0, 0.05) is 17.6 Å². The predicted molar refractivity (Wildman–Crippen MR) is 87.1 cm³/mol. The fourth-order valence-electron chi connectivity index (χ4n) is 3.43. The maximum atomic E-state index is 5.50. The van der Waals surface area contributed by atoms with Crippen molar-refractivity contribution in [1.82, 2.24) is 5.32 Å². The molecule has 0 aliphatic heterocycles. The van der Waals surface area contributed by atoms with Gasteiger partial charge in [0.05, 0.1) is 14.2 Å². The second-order valence-corrected chi connectivity index (χ2v) is 6.18. The van der Waals surface area contributed by atoms with Crippen LogP contribution in [0.4, 0.5) is 0 Å². The van der Waals surface area contributed by atoms with E-state index < -0.39 is 0 Å². The molecule has 0 radical (unpaired) electrons. The maximum absolute atomic E-state index is 5.50. The zero-order valence-corrected chi connectivity index (χ0v) is 13.8. The third kappa shape index (κ3) is 4.13. The summed E-state index contributed by atoms with van der Waals surface area (Å²) in [6, 6.07) is 6.80. The Labute approximate surface area is 129 Å². The van der Waals surface area contributed by atoms with Gasteiger partial charge in [0.25, 0.3) is 0 Å². The van der Waals surface area contributed by atoms with Crippen molar-refractivity contribution < 1.29 is 9.47 Å². The van der Waals surface area contributed by atoms with Crippen molar-refractivity contribution in [1.29, 1.82) is 0 Å². The molecule has 1 aromatic carbocycles. The molecule has 0 heterocycles. The van der Waals surface area contributed by atoms with Gasteiger partial charge in [-0.15, -0.1) is 0 Å². The molecule has 1 aliphatic rings. The summed E-state index contributed by atoms with van der Waals surface area (Å²) in [5.74, 6) is 2.61. The van der Waals surface area contributed by atoms with Gasteiger partial charge in [-0.2, -0.15) is 0 Å². The van der Waals surface area contributed by atoms with E-state index in [0.29, 0.717) is 6.04 Å². The van der Waals surface area contributed by atoms with Gasteiger partial charge in [-0.1, -0.05) is 19.3 Å². The first-order valence-electron chi connectivity index (χ1n) is 8.13. The summed E-state index contributed by atoms with van der Waals surface area (Å²) in [5, 5.41) is 3.76. The first-order valence-corrected chi connectivity index (χ1v) is 8.13. The lowest BCUT2D eigenvalue weighted by Crippen LogP contribution is -2.36. The van der Waals surface area contributed by atoms with E-state index in [-0.39, 0.29) is 6.04 Å². The number of nitrogens with one attached hydrogen (secondary N) is 1. The normalized spacial score (nSPS) is 19.0. The number of methoxy groups -OCH3 is 2. The van der Waals surface area contributed by atoms with Gasteiger partial charge in [0.2, 0.25) is 0 Å². The van der Waals surface area contributed by atoms with Crippen molar-refractivity contribution in [3.8, 4) is 11.5 Å². The largest absolute Gasteiger partial charge is 0.497 e. The van der Waals surface area contributed by atoms with Crippen molar-refractivity contribution in [2.24, 2.45) is 5.92 Å². The Morgan fingerprint density at radius 3 is 2.38 bits per heavy atom. The molecule has 1 unspecified atom stereocenters. The zero-order chi connectivity index (χ0) is 15.2. The molecule has 1 aromatic rings. The first kappa shape index (κ1) is 16.2. The second kappa shape index (κ2) is 7.69. The van der Waals surface area contributed by atoms with Crippen molar-refractivity contribution in [2.75, 3.05) is 14.2 Å². The Morgan fingerprint density at radius 2 is 1.76 bits per heavy atom. The van der Waals surface area contributed by atoms with Crippen LogP contribution in [0.5, 0.6) is 11.5 Å². The molecular formula is C18H29NO2. The molecule has 1 N–H and O–H groups in total. The van der Waals surface area contributed by atoms with Gasteiger partial charge in [-0.25, -0.2) is 0 Å². The molecule has 0 amide bonds. The Kier molecular flexibility index (Phi) is 5.92. The van der Waals surface area contributed by atoms with Gasteiger partial charge in [-0.3, -0.25) is 0 Å². The summed E-state index contributed by atoms with van der Waals surface area (Å²) in [7, 11) is 3.43. The molecular weight excluding hydrogens is 262 g/mol. The second-order valence-electron chi connectivity index (χ2n) is 6.18. The minimum Gasteiger partial charge on any atom is -0.497 e. The van der Waals surface area contributed by atoms with E-state index in [9.17, 15) is 0 Å². The molecule has 21 heavy (non-hydrogen) atoms. The fourth-order valence-corrected chi connectivity index (χ4v) is 3.43. The first-order chi connectivity index (χ1) is 10.2. The smallest absolute Gasteiger partial charge is 0.123 e. The van der Waals surface area contributed by atoms with Crippen molar-refractivity contribution in [3.05, 3.63) is 23.8 Å². The van der Waals surface area contributed by atoms with Gasteiger partial charge >= 0.3 is 0 Å². The molecule has 3 nitrogen and oxygen atoms in total. The van der Waals surface area contributed by atoms with Gasteiger partial charge < -0.3 is 14.8 Å².